The third kappa shape index (κ3) is 2.79. The van der Waals surface area contributed by atoms with Crippen molar-refractivity contribution in [1.29, 1.82) is 0 Å². The summed E-state index contributed by atoms with van der Waals surface area (Å²) in [6.07, 6.45) is 12.4. The Bertz CT molecular complexity index is 1010. The van der Waals surface area contributed by atoms with Gasteiger partial charge in [0.15, 0.2) is 5.60 Å². The van der Waals surface area contributed by atoms with Crippen LogP contribution in [0.3, 0.4) is 0 Å². The number of esters is 2. The number of rotatable bonds is 2. The van der Waals surface area contributed by atoms with Gasteiger partial charge in [0.25, 0.3) is 0 Å². The van der Waals surface area contributed by atoms with Crippen molar-refractivity contribution >= 4 is 11.9 Å². The molecule has 35 heavy (non-hydrogen) atoms. The lowest BCUT2D eigenvalue weighted by atomic mass is 9.43. The molecule has 0 N–H and O–H groups in total. The van der Waals surface area contributed by atoms with E-state index in [2.05, 4.69) is 13.8 Å². The van der Waals surface area contributed by atoms with Crippen LogP contribution in [-0.4, -0.2) is 41.6 Å². The van der Waals surface area contributed by atoms with Gasteiger partial charge in [-0.1, -0.05) is 13.8 Å². The second-order valence-electron chi connectivity index (χ2n) is 14.3. The van der Waals surface area contributed by atoms with Gasteiger partial charge < -0.3 is 18.9 Å². The molecule has 2 saturated heterocycles. The molecule has 3 aliphatic heterocycles. The Morgan fingerprint density at radius 1 is 1.03 bits per heavy atom. The maximum atomic E-state index is 12.5. The Kier molecular flexibility index (Phi) is 4.37. The number of epoxide rings is 2. The number of carbonyl (C=O) groups excluding carboxylic acids is 2. The summed E-state index contributed by atoms with van der Waals surface area (Å²) in [5.41, 5.74) is -0.599. The second kappa shape index (κ2) is 6.72. The monoisotopic (exact) mass is 484 g/mol. The van der Waals surface area contributed by atoms with Crippen LogP contribution in [0, 0.1) is 39.9 Å². The number of carbonyl (C=O) groups is 2. The van der Waals surface area contributed by atoms with Crippen LogP contribution < -0.4 is 0 Å². The Morgan fingerprint density at radius 2 is 1.83 bits per heavy atom. The minimum Gasteiger partial charge on any atom is -0.462 e. The van der Waals surface area contributed by atoms with Crippen molar-refractivity contribution in [2.45, 2.75) is 116 Å². The van der Waals surface area contributed by atoms with E-state index in [9.17, 15) is 9.59 Å². The molecule has 7 rings (SSSR count). The molecule has 0 aromatic rings. The minimum atomic E-state index is -0.446. The molecule has 3 heterocycles. The van der Waals surface area contributed by atoms with Gasteiger partial charge in [-0.2, -0.15) is 0 Å². The van der Waals surface area contributed by atoms with Gasteiger partial charge in [-0.15, -0.1) is 0 Å². The number of ether oxygens (including phenoxy) is 4. The summed E-state index contributed by atoms with van der Waals surface area (Å²) in [5.74, 6) is 1.82. The van der Waals surface area contributed by atoms with Crippen LogP contribution in [0.5, 0.6) is 0 Å². The normalized spacial score (nSPS) is 55.5. The fourth-order valence-corrected chi connectivity index (χ4v) is 9.86. The van der Waals surface area contributed by atoms with E-state index in [-0.39, 0.29) is 34.5 Å². The lowest BCUT2D eigenvalue weighted by Gasteiger charge is -2.61. The smallest absolute Gasteiger partial charge is 0.332 e. The lowest BCUT2D eigenvalue weighted by Crippen LogP contribution is -2.59. The number of hydrogen-bond acceptors (Lipinski definition) is 6. The van der Waals surface area contributed by atoms with E-state index >= 15 is 0 Å². The Balaban J connectivity index is 1.12. The van der Waals surface area contributed by atoms with Crippen LogP contribution in [0.2, 0.25) is 0 Å². The van der Waals surface area contributed by atoms with Gasteiger partial charge in [0.2, 0.25) is 6.29 Å². The molecule has 4 saturated carbocycles. The summed E-state index contributed by atoms with van der Waals surface area (Å²) < 4.78 is 24.2. The van der Waals surface area contributed by atoms with Crippen molar-refractivity contribution in [1.82, 2.24) is 0 Å². The van der Waals surface area contributed by atoms with Gasteiger partial charge in [-0.25, -0.2) is 4.79 Å². The van der Waals surface area contributed by atoms with Crippen LogP contribution in [0.4, 0.5) is 0 Å². The van der Waals surface area contributed by atoms with E-state index in [1.807, 2.05) is 26.8 Å². The zero-order valence-corrected chi connectivity index (χ0v) is 21.8. The SMILES string of the molecule is CC(C)(C)C(=O)O[C@H]1CC[C@@]2(C)[C@H](CC[C@@H]3[C@@H]2CC[C@]2(C)[C@@H]([C@]45C=CC(=O)O[C@H]4O5)C[C@H]4O[C@]342)C1. The zero-order chi connectivity index (χ0) is 24.6. The van der Waals surface area contributed by atoms with Gasteiger partial charge in [0.1, 0.15) is 11.7 Å². The molecule has 1 spiro atoms. The third-order valence-corrected chi connectivity index (χ3v) is 11.8. The molecule has 0 radical (unpaired) electrons. The highest BCUT2D eigenvalue weighted by molar-refractivity contribution is 5.84. The van der Waals surface area contributed by atoms with Crippen molar-refractivity contribution < 1.29 is 28.5 Å². The summed E-state index contributed by atoms with van der Waals surface area (Å²) in [7, 11) is 0. The van der Waals surface area contributed by atoms with E-state index in [4.69, 9.17) is 18.9 Å². The Hall–Kier alpha value is -1.40. The summed E-state index contributed by atoms with van der Waals surface area (Å²) in [6, 6.07) is 0. The topological polar surface area (TPSA) is 77.7 Å². The van der Waals surface area contributed by atoms with Crippen LogP contribution in [0.25, 0.3) is 0 Å². The lowest BCUT2D eigenvalue weighted by molar-refractivity contribution is -0.174. The Labute approximate surface area is 208 Å². The highest BCUT2D eigenvalue weighted by atomic mass is 16.8. The first-order valence-corrected chi connectivity index (χ1v) is 13.9. The van der Waals surface area contributed by atoms with Crippen LogP contribution in [0.15, 0.2) is 12.2 Å². The average Bonchev–Trinajstić information content (AvgIpc) is 3.67. The first-order valence-electron chi connectivity index (χ1n) is 13.9. The maximum Gasteiger partial charge on any atom is 0.332 e. The largest absolute Gasteiger partial charge is 0.462 e. The van der Waals surface area contributed by atoms with Gasteiger partial charge in [0.05, 0.1) is 11.5 Å². The van der Waals surface area contributed by atoms with Crippen LogP contribution in [0.1, 0.15) is 86.0 Å². The summed E-state index contributed by atoms with van der Waals surface area (Å²) in [4.78, 5) is 24.3. The Morgan fingerprint density at radius 3 is 2.57 bits per heavy atom. The first-order chi connectivity index (χ1) is 16.4. The molecule has 0 aromatic heterocycles. The van der Waals surface area contributed by atoms with Gasteiger partial charge in [0, 0.05) is 17.4 Å². The summed E-state index contributed by atoms with van der Waals surface area (Å²) >= 11 is 0. The molecule has 6 nitrogen and oxygen atoms in total. The highest BCUT2D eigenvalue weighted by Gasteiger charge is 2.85. The molecule has 0 bridgehead atoms. The summed E-state index contributed by atoms with van der Waals surface area (Å²) in [6.45, 7) is 10.8. The molecule has 7 aliphatic rings. The minimum absolute atomic E-state index is 0.0459. The zero-order valence-electron chi connectivity index (χ0n) is 21.8. The van der Waals surface area contributed by atoms with E-state index in [1.54, 1.807) is 6.08 Å². The molecule has 192 valence electrons. The van der Waals surface area contributed by atoms with Crippen LogP contribution >= 0.6 is 0 Å². The van der Waals surface area contributed by atoms with Crippen LogP contribution in [-0.2, 0) is 28.5 Å². The fourth-order valence-electron chi connectivity index (χ4n) is 9.86. The average molecular weight is 485 g/mol. The predicted octanol–water partition coefficient (Wildman–Crippen LogP) is 4.94. The molecular formula is C29H40O6. The van der Waals surface area contributed by atoms with Gasteiger partial charge in [-0.3, -0.25) is 4.79 Å². The standard InChI is InChI=1S/C29H40O6/c1-25(2,3)23(31)32-17-8-11-26(4)16(14-17)6-7-19-18(26)9-12-27(5)20(15-21-29(19,27)34-21)28-13-10-22(30)33-24(28)35-28/h10,13,16-21,24H,6-9,11-12,14-15H2,1-5H3/t16-,17+,18+,19-,20+,21-,24+,26+,27-,28-,29-/m1/s1. The van der Waals surface area contributed by atoms with E-state index in [0.717, 1.165) is 32.1 Å². The van der Waals surface area contributed by atoms with E-state index in [0.29, 0.717) is 29.8 Å². The van der Waals surface area contributed by atoms with Gasteiger partial charge >= 0.3 is 11.9 Å². The van der Waals surface area contributed by atoms with Crippen molar-refractivity contribution in [2.24, 2.45) is 39.9 Å². The number of fused-ring (bicyclic) bond motifs is 4. The second-order valence-corrected chi connectivity index (χ2v) is 14.3. The number of hydrogen-bond donors (Lipinski definition) is 0. The van der Waals surface area contributed by atoms with E-state index < -0.39 is 17.3 Å². The molecule has 0 aromatic carbocycles. The predicted molar refractivity (Wildman–Crippen MR) is 127 cm³/mol. The first kappa shape index (κ1) is 22.8. The van der Waals surface area contributed by atoms with Crippen molar-refractivity contribution in [2.75, 3.05) is 0 Å². The molecule has 0 amide bonds. The molecule has 4 aliphatic carbocycles. The highest BCUT2D eigenvalue weighted by Crippen LogP contribution is 2.79. The molecule has 6 heteroatoms. The third-order valence-electron chi connectivity index (χ3n) is 11.8. The van der Waals surface area contributed by atoms with Crippen molar-refractivity contribution in [3.05, 3.63) is 12.2 Å². The maximum absolute atomic E-state index is 12.5. The fraction of sp³-hybridized carbons (Fsp3) is 0.862. The molecule has 0 unspecified atom stereocenters. The summed E-state index contributed by atoms with van der Waals surface area (Å²) in [5, 5.41) is 0. The quantitative estimate of drug-likeness (QED) is 0.408. The van der Waals surface area contributed by atoms with E-state index in [1.165, 1.54) is 19.3 Å². The molecular weight excluding hydrogens is 444 g/mol. The van der Waals surface area contributed by atoms with Gasteiger partial charge in [-0.05, 0) is 101 Å². The van der Waals surface area contributed by atoms with Crippen molar-refractivity contribution in [3.63, 3.8) is 0 Å². The molecule has 6 fully saturated rings. The van der Waals surface area contributed by atoms with Crippen molar-refractivity contribution in [3.8, 4) is 0 Å². The molecule has 11 atom stereocenters.